The fourth-order valence-electron chi connectivity index (χ4n) is 2.64. The highest BCUT2D eigenvalue weighted by molar-refractivity contribution is 6.09. The minimum Gasteiger partial charge on any atom is -0.476 e. The van der Waals surface area contributed by atoms with Gasteiger partial charge in [0.15, 0.2) is 5.69 Å². The lowest BCUT2D eigenvalue weighted by Crippen LogP contribution is -2.16. The molecule has 0 unspecified atom stereocenters. The SMILES string of the molecule is CCn1nc(-c2ccccc2F)c(NC(=O)c2ccccc2)c1C(=O)O. The molecule has 1 amide bonds. The van der Waals surface area contributed by atoms with Crippen LogP contribution in [0.3, 0.4) is 0 Å². The van der Waals surface area contributed by atoms with Gasteiger partial charge < -0.3 is 10.4 Å². The zero-order chi connectivity index (χ0) is 18.7. The number of carbonyl (C=O) groups is 2. The summed E-state index contributed by atoms with van der Waals surface area (Å²) in [6, 6.07) is 14.2. The van der Waals surface area contributed by atoms with E-state index >= 15 is 0 Å². The fraction of sp³-hybridized carbons (Fsp3) is 0.105. The molecule has 3 rings (SSSR count). The highest BCUT2D eigenvalue weighted by atomic mass is 19.1. The second-order valence-electron chi connectivity index (χ2n) is 5.49. The molecule has 2 aromatic carbocycles. The van der Waals surface area contributed by atoms with Crippen LogP contribution >= 0.6 is 0 Å². The lowest BCUT2D eigenvalue weighted by molar-refractivity contribution is 0.0684. The van der Waals surface area contributed by atoms with E-state index in [1.807, 2.05) is 0 Å². The summed E-state index contributed by atoms with van der Waals surface area (Å²) in [5.41, 5.74) is 0.318. The van der Waals surface area contributed by atoms with E-state index in [-0.39, 0.29) is 29.2 Å². The fourth-order valence-corrected chi connectivity index (χ4v) is 2.64. The average Bonchev–Trinajstić information content (AvgIpc) is 3.01. The zero-order valence-electron chi connectivity index (χ0n) is 13.9. The van der Waals surface area contributed by atoms with Crippen LogP contribution in [0.2, 0.25) is 0 Å². The summed E-state index contributed by atoms with van der Waals surface area (Å²) >= 11 is 0. The number of benzene rings is 2. The van der Waals surface area contributed by atoms with Crippen LogP contribution in [0.1, 0.15) is 27.8 Å². The number of halogens is 1. The van der Waals surface area contributed by atoms with E-state index in [4.69, 9.17) is 0 Å². The first-order valence-corrected chi connectivity index (χ1v) is 7.98. The van der Waals surface area contributed by atoms with Crippen LogP contribution in [0.25, 0.3) is 11.3 Å². The Morgan fingerprint density at radius 2 is 1.77 bits per heavy atom. The van der Waals surface area contributed by atoms with Crippen molar-refractivity contribution in [1.29, 1.82) is 0 Å². The van der Waals surface area contributed by atoms with Crippen molar-refractivity contribution in [2.24, 2.45) is 0 Å². The highest BCUT2D eigenvalue weighted by Gasteiger charge is 2.26. The quantitative estimate of drug-likeness (QED) is 0.733. The molecule has 0 radical (unpaired) electrons. The maximum absolute atomic E-state index is 14.3. The highest BCUT2D eigenvalue weighted by Crippen LogP contribution is 2.32. The van der Waals surface area contributed by atoms with Crippen LogP contribution in [-0.2, 0) is 6.54 Å². The van der Waals surface area contributed by atoms with Crippen LogP contribution in [0.15, 0.2) is 54.6 Å². The minimum absolute atomic E-state index is 0.0293. The first-order valence-electron chi connectivity index (χ1n) is 7.98. The summed E-state index contributed by atoms with van der Waals surface area (Å²) in [5, 5.41) is 16.4. The van der Waals surface area contributed by atoms with Crippen LogP contribution in [0.5, 0.6) is 0 Å². The largest absolute Gasteiger partial charge is 0.476 e. The molecule has 132 valence electrons. The summed E-state index contributed by atoms with van der Waals surface area (Å²) in [4.78, 5) is 24.3. The predicted octanol–water partition coefficient (Wildman–Crippen LogP) is 3.66. The number of aromatic nitrogens is 2. The average molecular weight is 353 g/mol. The molecule has 7 heteroatoms. The van der Waals surface area contributed by atoms with E-state index in [1.165, 1.54) is 22.9 Å². The van der Waals surface area contributed by atoms with E-state index in [0.717, 1.165) is 0 Å². The molecule has 2 N–H and O–H groups in total. The molecule has 0 saturated carbocycles. The zero-order valence-corrected chi connectivity index (χ0v) is 13.9. The minimum atomic E-state index is -1.26. The van der Waals surface area contributed by atoms with Crippen LogP contribution in [0.4, 0.5) is 10.1 Å². The molecule has 0 saturated heterocycles. The summed E-state index contributed by atoms with van der Waals surface area (Å²) in [5.74, 6) is -2.31. The number of rotatable bonds is 5. The summed E-state index contributed by atoms with van der Waals surface area (Å²) in [6.07, 6.45) is 0. The lowest BCUT2D eigenvalue weighted by atomic mass is 10.1. The number of nitrogens with zero attached hydrogens (tertiary/aromatic N) is 2. The van der Waals surface area contributed by atoms with E-state index < -0.39 is 17.7 Å². The van der Waals surface area contributed by atoms with E-state index in [2.05, 4.69) is 10.4 Å². The molecule has 0 aliphatic heterocycles. The summed E-state index contributed by atoms with van der Waals surface area (Å²) in [6.45, 7) is 1.97. The van der Waals surface area contributed by atoms with Crippen molar-refractivity contribution in [2.75, 3.05) is 5.32 Å². The Labute approximate surface area is 148 Å². The smallest absolute Gasteiger partial charge is 0.356 e. The number of aryl methyl sites for hydroxylation is 1. The van der Waals surface area contributed by atoms with Gasteiger partial charge in [-0.2, -0.15) is 5.10 Å². The molecule has 0 aliphatic carbocycles. The van der Waals surface area contributed by atoms with Crippen molar-refractivity contribution in [1.82, 2.24) is 9.78 Å². The van der Waals surface area contributed by atoms with Gasteiger partial charge in [-0.3, -0.25) is 9.48 Å². The Kier molecular flexibility index (Phi) is 4.79. The molecular formula is C19H16FN3O3. The number of carboxylic acids is 1. The first-order chi connectivity index (χ1) is 12.5. The maximum Gasteiger partial charge on any atom is 0.356 e. The van der Waals surface area contributed by atoms with Gasteiger partial charge in [-0.25, -0.2) is 9.18 Å². The van der Waals surface area contributed by atoms with E-state index in [0.29, 0.717) is 5.56 Å². The Morgan fingerprint density at radius 1 is 1.12 bits per heavy atom. The third-order valence-electron chi connectivity index (χ3n) is 3.86. The van der Waals surface area contributed by atoms with Crippen LogP contribution in [0, 0.1) is 5.82 Å². The first kappa shape index (κ1) is 17.3. The number of amides is 1. The van der Waals surface area contributed by atoms with Crippen LogP contribution in [-0.4, -0.2) is 26.8 Å². The molecule has 0 spiro atoms. The summed E-state index contributed by atoms with van der Waals surface area (Å²) < 4.78 is 15.5. The molecule has 0 bridgehead atoms. The predicted molar refractivity (Wildman–Crippen MR) is 94.6 cm³/mol. The lowest BCUT2D eigenvalue weighted by Gasteiger charge is -2.08. The summed E-state index contributed by atoms with van der Waals surface area (Å²) in [7, 11) is 0. The van der Waals surface area contributed by atoms with Gasteiger partial charge in [-0.1, -0.05) is 30.3 Å². The van der Waals surface area contributed by atoms with Crippen molar-refractivity contribution >= 4 is 17.6 Å². The molecule has 0 aliphatic rings. The van der Waals surface area contributed by atoms with Gasteiger partial charge in [0, 0.05) is 17.7 Å². The second kappa shape index (κ2) is 7.18. The normalized spacial score (nSPS) is 10.5. The topological polar surface area (TPSA) is 84.2 Å². The van der Waals surface area contributed by atoms with Crippen molar-refractivity contribution < 1.29 is 19.1 Å². The van der Waals surface area contributed by atoms with Gasteiger partial charge in [0.25, 0.3) is 5.91 Å². The van der Waals surface area contributed by atoms with Crippen molar-refractivity contribution in [3.8, 4) is 11.3 Å². The van der Waals surface area contributed by atoms with E-state index in [1.54, 1.807) is 43.3 Å². The van der Waals surface area contributed by atoms with Gasteiger partial charge in [-0.05, 0) is 31.2 Å². The second-order valence-corrected chi connectivity index (χ2v) is 5.49. The molecule has 6 nitrogen and oxygen atoms in total. The molecular weight excluding hydrogens is 337 g/mol. The number of hydrogen-bond donors (Lipinski definition) is 2. The number of hydrogen-bond acceptors (Lipinski definition) is 3. The molecule has 26 heavy (non-hydrogen) atoms. The van der Waals surface area contributed by atoms with Gasteiger partial charge in [0.05, 0.1) is 0 Å². The monoisotopic (exact) mass is 353 g/mol. The third kappa shape index (κ3) is 3.19. The van der Waals surface area contributed by atoms with Crippen LogP contribution < -0.4 is 5.32 Å². The number of aromatic carboxylic acids is 1. The Bertz CT molecular complexity index is 967. The van der Waals surface area contributed by atoms with Gasteiger partial charge in [0.2, 0.25) is 0 Å². The molecule has 0 fully saturated rings. The van der Waals surface area contributed by atoms with Gasteiger partial charge >= 0.3 is 5.97 Å². The van der Waals surface area contributed by atoms with Crippen molar-refractivity contribution in [3.63, 3.8) is 0 Å². The molecule has 1 aromatic heterocycles. The van der Waals surface area contributed by atoms with Crippen molar-refractivity contribution in [2.45, 2.75) is 13.5 Å². The Balaban J connectivity index is 2.15. The standard InChI is InChI=1S/C19H16FN3O3/c1-2-23-17(19(25)26)16(21-18(24)12-8-4-3-5-9-12)15(22-23)13-10-6-7-11-14(13)20/h3-11H,2H2,1H3,(H,21,24)(H,25,26). The number of carboxylic acid groups (broad SMARTS) is 1. The number of nitrogens with one attached hydrogen (secondary N) is 1. The number of carbonyl (C=O) groups excluding carboxylic acids is 1. The molecule has 1 heterocycles. The third-order valence-corrected chi connectivity index (χ3v) is 3.86. The van der Waals surface area contributed by atoms with E-state index in [9.17, 15) is 19.1 Å². The Morgan fingerprint density at radius 3 is 2.38 bits per heavy atom. The van der Waals surface area contributed by atoms with Gasteiger partial charge in [0.1, 0.15) is 17.2 Å². The van der Waals surface area contributed by atoms with Gasteiger partial charge in [-0.15, -0.1) is 0 Å². The Hall–Kier alpha value is -3.48. The molecule has 3 aromatic rings. The number of anilines is 1. The maximum atomic E-state index is 14.3. The van der Waals surface area contributed by atoms with Crippen molar-refractivity contribution in [3.05, 3.63) is 71.7 Å². The molecule has 0 atom stereocenters.